The molecule has 11 heteroatoms. The third-order valence-corrected chi connectivity index (χ3v) is 6.70. The molecular formula is C22H29N7O2S2. The molecule has 3 aromatic rings. The SMILES string of the molecule is CCCSc1nc(N2CCN(C(=O)OC(C)(C)C)CC2)c2nc(Nc3ccccn3)sc2n1. The first-order valence-corrected chi connectivity index (χ1v) is 12.8. The molecule has 1 N–H and O–H groups in total. The van der Waals surface area contributed by atoms with E-state index in [4.69, 9.17) is 19.7 Å². The van der Waals surface area contributed by atoms with E-state index in [0.29, 0.717) is 26.2 Å². The number of carbonyl (C=O) groups is 1. The molecule has 3 aromatic heterocycles. The molecule has 1 saturated heterocycles. The Morgan fingerprint density at radius 3 is 2.64 bits per heavy atom. The number of rotatable bonds is 6. The van der Waals surface area contributed by atoms with Gasteiger partial charge in [-0.25, -0.2) is 24.7 Å². The van der Waals surface area contributed by atoms with Crippen LogP contribution in [0.4, 0.5) is 21.6 Å². The van der Waals surface area contributed by atoms with Crippen LogP contribution < -0.4 is 10.2 Å². The highest BCUT2D eigenvalue weighted by molar-refractivity contribution is 7.99. The van der Waals surface area contributed by atoms with Crippen molar-refractivity contribution < 1.29 is 9.53 Å². The number of thiazole rings is 1. The van der Waals surface area contributed by atoms with E-state index in [2.05, 4.69) is 22.1 Å². The molecule has 1 amide bonds. The van der Waals surface area contributed by atoms with Crippen molar-refractivity contribution in [1.29, 1.82) is 0 Å². The molecule has 0 aliphatic carbocycles. The van der Waals surface area contributed by atoms with Crippen molar-refractivity contribution in [3.63, 3.8) is 0 Å². The van der Waals surface area contributed by atoms with Crippen molar-refractivity contribution in [3.05, 3.63) is 24.4 Å². The Balaban J connectivity index is 1.57. The molecule has 0 saturated carbocycles. The van der Waals surface area contributed by atoms with Gasteiger partial charge in [0.15, 0.2) is 20.9 Å². The average Bonchev–Trinajstić information content (AvgIpc) is 3.19. The Kier molecular flexibility index (Phi) is 7.18. The predicted octanol–water partition coefficient (Wildman–Crippen LogP) is 4.78. The Morgan fingerprint density at radius 2 is 1.97 bits per heavy atom. The lowest BCUT2D eigenvalue weighted by molar-refractivity contribution is 0.0240. The summed E-state index contributed by atoms with van der Waals surface area (Å²) in [4.78, 5) is 35.9. The molecule has 4 heterocycles. The smallest absolute Gasteiger partial charge is 0.410 e. The van der Waals surface area contributed by atoms with Crippen LogP contribution in [0.5, 0.6) is 0 Å². The number of hydrogen-bond acceptors (Lipinski definition) is 10. The largest absolute Gasteiger partial charge is 0.444 e. The summed E-state index contributed by atoms with van der Waals surface area (Å²) in [5.74, 6) is 2.50. The van der Waals surface area contributed by atoms with Gasteiger partial charge < -0.3 is 19.9 Å². The van der Waals surface area contributed by atoms with Crippen molar-refractivity contribution in [2.24, 2.45) is 0 Å². The monoisotopic (exact) mass is 487 g/mol. The Hall–Kier alpha value is -2.66. The van der Waals surface area contributed by atoms with Crippen LogP contribution in [0.25, 0.3) is 10.3 Å². The van der Waals surface area contributed by atoms with Crippen LogP contribution in [0.2, 0.25) is 0 Å². The number of piperazine rings is 1. The molecule has 0 atom stereocenters. The second-order valence-corrected chi connectivity index (χ2v) is 10.7. The number of carbonyl (C=O) groups excluding carboxylic acids is 1. The fraction of sp³-hybridized carbons (Fsp3) is 0.500. The zero-order valence-electron chi connectivity index (χ0n) is 19.4. The molecule has 33 heavy (non-hydrogen) atoms. The van der Waals surface area contributed by atoms with Crippen molar-refractivity contribution in [1.82, 2.24) is 24.8 Å². The lowest BCUT2D eigenvalue weighted by Gasteiger charge is -2.36. The number of ether oxygens (including phenoxy) is 1. The van der Waals surface area contributed by atoms with Crippen LogP contribution in [-0.4, -0.2) is 68.5 Å². The van der Waals surface area contributed by atoms with E-state index in [1.54, 1.807) is 22.9 Å². The number of fused-ring (bicyclic) bond motifs is 1. The number of pyridine rings is 1. The summed E-state index contributed by atoms with van der Waals surface area (Å²) in [6.45, 7) is 10.2. The fourth-order valence-electron chi connectivity index (χ4n) is 3.29. The zero-order valence-corrected chi connectivity index (χ0v) is 21.0. The first-order valence-electron chi connectivity index (χ1n) is 11.0. The summed E-state index contributed by atoms with van der Waals surface area (Å²) in [6.07, 6.45) is 2.51. The standard InChI is InChI=1S/C22H29N7O2S2/c1-5-14-32-19-26-17(28-10-12-29(13-11-28)21(30)31-22(2,3)4)16-18(27-19)33-20(25-16)24-15-8-6-7-9-23-15/h6-9H,5,10-14H2,1-4H3,(H,23,24,25). The van der Waals surface area contributed by atoms with E-state index in [9.17, 15) is 4.79 Å². The van der Waals surface area contributed by atoms with E-state index < -0.39 is 5.60 Å². The van der Waals surface area contributed by atoms with Gasteiger partial charge in [-0.05, 0) is 39.3 Å². The molecule has 0 bridgehead atoms. The Labute approximate surface area is 202 Å². The van der Waals surface area contributed by atoms with Gasteiger partial charge in [0.1, 0.15) is 16.9 Å². The Bertz CT molecular complexity index is 1090. The molecule has 0 aromatic carbocycles. The summed E-state index contributed by atoms with van der Waals surface area (Å²) >= 11 is 3.14. The summed E-state index contributed by atoms with van der Waals surface area (Å²) in [5, 5.41) is 4.74. The highest BCUT2D eigenvalue weighted by Gasteiger charge is 2.28. The topological polar surface area (TPSA) is 96.4 Å². The van der Waals surface area contributed by atoms with Gasteiger partial charge in [0.25, 0.3) is 0 Å². The van der Waals surface area contributed by atoms with Crippen molar-refractivity contribution in [2.45, 2.75) is 44.9 Å². The maximum Gasteiger partial charge on any atom is 0.410 e. The molecule has 9 nitrogen and oxygen atoms in total. The number of nitrogens with one attached hydrogen (secondary N) is 1. The number of nitrogens with zero attached hydrogens (tertiary/aromatic N) is 6. The van der Waals surface area contributed by atoms with Crippen LogP contribution >= 0.6 is 23.1 Å². The van der Waals surface area contributed by atoms with Gasteiger partial charge in [-0.15, -0.1) is 0 Å². The molecule has 0 radical (unpaired) electrons. The number of anilines is 3. The molecule has 1 aliphatic rings. The maximum atomic E-state index is 12.4. The highest BCUT2D eigenvalue weighted by Crippen LogP contribution is 2.34. The van der Waals surface area contributed by atoms with E-state index in [1.807, 2.05) is 39.0 Å². The van der Waals surface area contributed by atoms with Gasteiger partial charge in [0.2, 0.25) is 0 Å². The molecule has 4 rings (SSSR count). The van der Waals surface area contributed by atoms with Gasteiger partial charge in [-0.1, -0.05) is 36.1 Å². The second-order valence-electron chi connectivity index (χ2n) is 8.65. The first-order chi connectivity index (χ1) is 15.8. The van der Waals surface area contributed by atoms with Gasteiger partial charge >= 0.3 is 6.09 Å². The number of aromatic nitrogens is 4. The van der Waals surface area contributed by atoms with Crippen molar-refractivity contribution in [2.75, 3.05) is 42.1 Å². The van der Waals surface area contributed by atoms with E-state index in [0.717, 1.165) is 44.4 Å². The lowest BCUT2D eigenvalue weighted by Crippen LogP contribution is -2.50. The summed E-state index contributed by atoms with van der Waals surface area (Å²) < 4.78 is 5.53. The van der Waals surface area contributed by atoms with E-state index >= 15 is 0 Å². The summed E-state index contributed by atoms with van der Waals surface area (Å²) in [7, 11) is 0. The average molecular weight is 488 g/mol. The van der Waals surface area contributed by atoms with Crippen LogP contribution in [0.15, 0.2) is 29.6 Å². The van der Waals surface area contributed by atoms with Gasteiger partial charge in [-0.3, -0.25) is 0 Å². The van der Waals surface area contributed by atoms with Crippen molar-refractivity contribution in [3.8, 4) is 0 Å². The molecular weight excluding hydrogens is 458 g/mol. The normalized spacial score (nSPS) is 14.5. The van der Waals surface area contributed by atoms with Gasteiger partial charge in [0.05, 0.1) is 0 Å². The molecule has 1 aliphatic heterocycles. The number of amides is 1. The van der Waals surface area contributed by atoms with E-state index in [1.165, 1.54) is 11.3 Å². The maximum absolute atomic E-state index is 12.4. The third kappa shape index (κ3) is 6.02. The van der Waals surface area contributed by atoms with Crippen LogP contribution in [-0.2, 0) is 4.74 Å². The molecule has 1 fully saturated rings. The lowest BCUT2D eigenvalue weighted by atomic mass is 10.2. The van der Waals surface area contributed by atoms with Crippen LogP contribution in [0.3, 0.4) is 0 Å². The summed E-state index contributed by atoms with van der Waals surface area (Å²) in [6, 6.07) is 5.70. The van der Waals surface area contributed by atoms with Crippen molar-refractivity contribution >= 4 is 56.3 Å². The zero-order chi connectivity index (χ0) is 23.4. The van der Waals surface area contributed by atoms with Gasteiger partial charge in [-0.2, -0.15) is 0 Å². The molecule has 0 spiro atoms. The Morgan fingerprint density at radius 1 is 1.18 bits per heavy atom. The van der Waals surface area contributed by atoms with Crippen LogP contribution in [0, 0.1) is 0 Å². The third-order valence-electron chi connectivity index (χ3n) is 4.79. The van der Waals surface area contributed by atoms with Gasteiger partial charge in [0, 0.05) is 38.1 Å². The van der Waals surface area contributed by atoms with Crippen LogP contribution in [0.1, 0.15) is 34.1 Å². The second kappa shape index (κ2) is 10.1. The predicted molar refractivity (Wildman–Crippen MR) is 134 cm³/mol. The highest BCUT2D eigenvalue weighted by atomic mass is 32.2. The fourth-order valence-corrected chi connectivity index (χ4v) is 4.89. The quantitative estimate of drug-likeness (QED) is 0.389. The molecule has 0 unspecified atom stereocenters. The number of thioether (sulfide) groups is 1. The molecule has 176 valence electrons. The number of hydrogen-bond donors (Lipinski definition) is 1. The minimum absolute atomic E-state index is 0.273. The first kappa shape index (κ1) is 23.5. The van der Waals surface area contributed by atoms with E-state index in [-0.39, 0.29) is 6.09 Å². The minimum atomic E-state index is -0.504. The minimum Gasteiger partial charge on any atom is -0.444 e. The summed E-state index contributed by atoms with van der Waals surface area (Å²) in [5.41, 5.74) is 0.265.